The van der Waals surface area contributed by atoms with Crippen LogP contribution in [0.25, 0.3) is 0 Å². The van der Waals surface area contributed by atoms with Gasteiger partial charge in [0.2, 0.25) is 0 Å². The van der Waals surface area contributed by atoms with Gasteiger partial charge in [0.15, 0.2) is 0 Å². The smallest absolute Gasteiger partial charge is 0.0949 e. The Hall–Kier alpha value is -0.480. The predicted molar refractivity (Wildman–Crippen MR) is 72.3 cm³/mol. The average molecular weight is 251 g/mol. The minimum absolute atomic E-state index is 0.539. The van der Waals surface area contributed by atoms with E-state index in [1.165, 1.54) is 43.6 Å². The number of aromatic nitrogens is 2. The summed E-state index contributed by atoms with van der Waals surface area (Å²) in [6.45, 7) is 2.31. The van der Waals surface area contributed by atoms with Crippen LogP contribution in [0.2, 0.25) is 0 Å². The molecule has 1 N–H and O–H groups in total. The Kier molecular flexibility index (Phi) is 3.71. The third-order valence-corrected chi connectivity index (χ3v) is 5.22. The zero-order valence-corrected chi connectivity index (χ0v) is 11.1. The third-order valence-electron chi connectivity index (χ3n) is 3.84. The number of thioether (sulfide) groups is 1. The standard InChI is InChI=1S/C13H21N3S/c1-2-6-15-12(5-1)13-8-14-10-16(13)9-11-4-3-7-17-11/h8,10-12,15H,1-7,9H2. The summed E-state index contributed by atoms with van der Waals surface area (Å²) in [4.78, 5) is 4.35. The molecule has 3 rings (SSSR count). The number of imidazole rings is 1. The molecule has 2 aliphatic rings. The Morgan fingerprint density at radius 1 is 1.35 bits per heavy atom. The summed E-state index contributed by atoms with van der Waals surface area (Å²) in [5.41, 5.74) is 1.40. The van der Waals surface area contributed by atoms with E-state index in [2.05, 4.69) is 32.8 Å². The van der Waals surface area contributed by atoms with Crippen LogP contribution in [-0.4, -0.2) is 27.1 Å². The van der Waals surface area contributed by atoms with Crippen molar-refractivity contribution in [2.45, 2.75) is 49.9 Å². The molecule has 2 unspecified atom stereocenters. The largest absolute Gasteiger partial charge is 0.332 e. The molecule has 3 heterocycles. The molecule has 2 saturated heterocycles. The van der Waals surface area contributed by atoms with Gasteiger partial charge >= 0.3 is 0 Å². The topological polar surface area (TPSA) is 29.9 Å². The molecule has 0 saturated carbocycles. The monoisotopic (exact) mass is 251 g/mol. The van der Waals surface area contributed by atoms with E-state index in [0.29, 0.717) is 6.04 Å². The Labute approximate surface area is 107 Å². The van der Waals surface area contributed by atoms with E-state index in [1.54, 1.807) is 0 Å². The predicted octanol–water partition coefficient (Wildman–Crippen LogP) is 2.59. The van der Waals surface area contributed by atoms with Gasteiger partial charge in [-0.1, -0.05) is 6.42 Å². The fraction of sp³-hybridized carbons (Fsp3) is 0.769. The minimum Gasteiger partial charge on any atom is -0.332 e. The highest BCUT2D eigenvalue weighted by atomic mass is 32.2. The van der Waals surface area contributed by atoms with Crippen LogP contribution in [0, 0.1) is 0 Å². The average Bonchev–Trinajstić information content (AvgIpc) is 3.02. The quantitative estimate of drug-likeness (QED) is 0.895. The number of nitrogens with one attached hydrogen (secondary N) is 1. The normalized spacial score (nSPS) is 29.6. The lowest BCUT2D eigenvalue weighted by atomic mass is 10.0. The highest BCUT2D eigenvalue weighted by Gasteiger charge is 2.21. The van der Waals surface area contributed by atoms with E-state index < -0.39 is 0 Å². The van der Waals surface area contributed by atoms with E-state index in [4.69, 9.17) is 0 Å². The summed E-state index contributed by atoms with van der Waals surface area (Å²) in [5, 5.41) is 4.43. The van der Waals surface area contributed by atoms with Gasteiger partial charge in [0.1, 0.15) is 0 Å². The molecule has 0 amide bonds. The first-order valence-electron chi connectivity index (χ1n) is 6.78. The van der Waals surface area contributed by atoms with Crippen LogP contribution in [0.15, 0.2) is 12.5 Å². The number of nitrogens with zero attached hydrogens (tertiary/aromatic N) is 2. The summed E-state index contributed by atoms with van der Waals surface area (Å²) in [6, 6.07) is 0.539. The van der Waals surface area contributed by atoms with Crippen molar-refractivity contribution in [1.82, 2.24) is 14.9 Å². The zero-order valence-electron chi connectivity index (χ0n) is 10.3. The molecular weight excluding hydrogens is 230 g/mol. The van der Waals surface area contributed by atoms with Crippen LogP contribution in [0.4, 0.5) is 0 Å². The van der Waals surface area contributed by atoms with Crippen molar-refractivity contribution in [3.8, 4) is 0 Å². The molecule has 2 atom stereocenters. The highest BCUT2D eigenvalue weighted by Crippen LogP contribution is 2.29. The van der Waals surface area contributed by atoms with Crippen LogP contribution in [0.1, 0.15) is 43.8 Å². The second kappa shape index (κ2) is 5.44. The van der Waals surface area contributed by atoms with Crippen molar-refractivity contribution < 1.29 is 0 Å². The molecule has 1 aromatic heterocycles. The van der Waals surface area contributed by atoms with Crippen LogP contribution in [0.5, 0.6) is 0 Å². The maximum Gasteiger partial charge on any atom is 0.0949 e. The molecule has 0 aliphatic carbocycles. The fourth-order valence-corrected chi connectivity index (χ4v) is 4.15. The van der Waals surface area contributed by atoms with E-state index in [-0.39, 0.29) is 0 Å². The second-order valence-corrected chi connectivity index (χ2v) is 6.52. The number of piperidine rings is 1. The summed E-state index contributed by atoms with van der Waals surface area (Å²) in [6.07, 6.45) is 10.8. The Bertz CT molecular complexity index is 351. The third kappa shape index (κ3) is 2.68. The fourth-order valence-electron chi connectivity index (χ4n) is 2.89. The Balaban J connectivity index is 1.69. The van der Waals surface area contributed by atoms with Crippen molar-refractivity contribution in [2.24, 2.45) is 0 Å². The van der Waals surface area contributed by atoms with E-state index >= 15 is 0 Å². The first-order valence-corrected chi connectivity index (χ1v) is 7.83. The van der Waals surface area contributed by atoms with Gasteiger partial charge in [-0.05, 0) is 38.0 Å². The second-order valence-electron chi connectivity index (χ2n) is 5.11. The van der Waals surface area contributed by atoms with E-state index in [1.807, 2.05) is 6.33 Å². The molecule has 2 aliphatic heterocycles. The Morgan fingerprint density at radius 2 is 2.35 bits per heavy atom. The van der Waals surface area contributed by atoms with Gasteiger partial charge in [-0.3, -0.25) is 0 Å². The zero-order chi connectivity index (χ0) is 11.5. The number of rotatable bonds is 3. The molecule has 0 bridgehead atoms. The number of hydrogen-bond donors (Lipinski definition) is 1. The lowest BCUT2D eigenvalue weighted by Gasteiger charge is -2.25. The first-order chi connectivity index (χ1) is 8.43. The molecule has 0 radical (unpaired) electrons. The minimum atomic E-state index is 0.539. The molecular formula is C13H21N3S. The van der Waals surface area contributed by atoms with Crippen LogP contribution in [0.3, 0.4) is 0 Å². The molecule has 94 valence electrons. The summed E-state index contributed by atoms with van der Waals surface area (Å²) in [5.74, 6) is 1.34. The van der Waals surface area contributed by atoms with Crippen LogP contribution in [-0.2, 0) is 6.54 Å². The highest BCUT2D eigenvalue weighted by molar-refractivity contribution is 8.00. The molecule has 2 fully saturated rings. The van der Waals surface area contributed by atoms with Gasteiger partial charge in [-0.25, -0.2) is 4.98 Å². The summed E-state index contributed by atoms with van der Waals surface area (Å²) in [7, 11) is 0. The molecule has 0 spiro atoms. The maximum atomic E-state index is 4.35. The number of hydrogen-bond acceptors (Lipinski definition) is 3. The molecule has 0 aromatic carbocycles. The lowest BCUT2D eigenvalue weighted by molar-refractivity contribution is 0.392. The van der Waals surface area contributed by atoms with Crippen molar-refractivity contribution in [3.63, 3.8) is 0 Å². The van der Waals surface area contributed by atoms with Gasteiger partial charge in [-0.15, -0.1) is 0 Å². The van der Waals surface area contributed by atoms with Crippen molar-refractivity contribution in [2.75, 3.05) is 12.3 Å². The van der Waals surface area contributed by atoms with Crippen molar-refractivity contribution >= 4 is 11.8 Å². The summed E-state index contributed by atoms with van der Waals surface area (Å²) < 4.78 is 2.38. The van der Waals surface area contributed by atoms with Gasteiger partial charge in [0.05, 0.1) is 12.0 Å². The molecule has 1 aromatic rings. The van der Waals surface area contributed by atoms with Gasteiger partial charge < -0.3 is 9.88 Å². The molecule has 17 heavy (non-hydrogen) atoms. The van der Waals surface area contributed by atoms with Crippen LogP contribution < -0.4 is 5.32 Å². The van der Waals surface area contributed by atoms with Gasteiger partial charge in [0.25, 0.3) is 0 Å². The molecule has 3 nitrogen and oxygen atoms in total. The van der Waals surface area contributed by atoms with Gasteiger partial charge in [-0.2, -0.15) is 11.8 Å². The van der Waals surface area contributed by atoms with E-state index in [0.717, 1.165) is 18.3 Å². The maximum absolute atomic E-state index is 4.35. The van der Waals surface area contributed by atoms with Gasteiger partial charge in [0, 0.05) is 24.0 Å². The molecule has 4 heteroatoms. The van der Waals surface area contributed by atoms with Crippen molar-refractivity contribution in [3.05, 3.63) is 18.2 Å². The lowest BCUT2D eigenvalue weighted by Crippen LogP contribution is -2.29. The van der Waals surface area contributed by atoms with E-state index in [9.17, 15) is 0 Å². The summed E-state index contributed by atoms with van der Waals surface area (Å²) >= 11 is 2.13. The van der Waals surface area contributed by atoms with Crippen LogP contribution >= 0.6 is 11.8 Å². The SMILES string of the molecule is c1ncn(CC2CCCS2)c1C1CCCCN1. The Morgan fingerprint density at radius 3 is 3.12 bits per heavy atom. The van der Waals surface area contributed by atoms with Crippen molar-refractivity contribution in [1.29, 1.82) is 0 Å². The first kappa shape index (κ1) is 11.6.